The van der Waals surface area contributed by atoms with Gasteiger partial charge in [-0.3, -0.25) is 21.4 Å². The molecule has 0 aliphatic heterocycles. The van der Waals surface area contributed by atoms with Crippen molar-refractivity contribution in [1.82, 2.24) is 9.97 Å². The van der Waals surface area contributed by atoms with Gasteiger partial charge in [0.1, 0.15) is 0 Å². The van der Waals surface area contributed by atoms with Crippen LogP contribution >= 0.6 is 0 Å². The Labute approximate surface area is 313 Å². The summed E-state index contributed by atoms with van der Waals surface area (Å²) in [5.74, 6) is -0.280. The zero-order valence-electron chi connectivity index (χ0n) is 25.4. The Kier molecular flexibility index (Phi) is 78.0. The summed E-state index contributed by atoms with van der Waals surface area (Å²) in [4.78, 5) is 33.5. The number of nitrogens with zero attached hydrogens (tertiary/aromatic N) is 3. The molecule has 43 heavy (non-hydrogen) atoms. The topological polar surface area (TPSA) is 160 Å². The second kappa shape index (κ2) is 52.5. The van der Waals surface area contributed by atoms with Gasteiger partial charge in [-0.05, 0) is 13.8 Å². The third-order valence-electron chi connectivity index (χ3n) is 3.01. The van der Waals surface area contributed by atoms with Crippen molar-refractivity contribution in [2.75, 3.05) is 14.1 Å². The molecule has 0 aliphatic rings. The molecular formula is C32H58N6O3Y2-2. The number of nitrogens with one attached hydrogen (secondary N) is 1. The van der Waals surface area contributed by atoms with Crippen LogP contribution in [0.2, 0.25) is 0 Å². The fraction of sp³-hybridized carbons (Fsp3) is 0.375. The van der Waals surface area contributed by atoms with Gasteiger partial charge in [0.25, 0.3) is 0 Å². The van der Waals surface area contributed by atoms with Crippen molar-refractivity contribution in [3.63, 3.8) is 0 Å². The van der Waals surface area contributed by atoms with Crippen LogP contribution in [0.25, 0.3) is 0 Å². The molecule has 9 nitrogen and oxygen atoms in total. The zero-order valence-corrected chi connectivity index (χ0v) is 31.1. The van der Waals surface area contributed by atoms with Crippen LogP contribution in [0.5, 0.6) is 5.88 Å². The first-order valence-corrected chi connectivity index (χ1v) is 12.1. The van der Waals surface area contributed by atoms with Gasteiger partial charge in [-0.25, -0.2) is 0 Å². The van der Waals surface area contributed by atoms with Crippen molar-refractivity contribution in [3.05, 3.63) is 96.6 Å². The molecule has 3 aromatic rings. The van der Waals surface area contributed by atoms with Gasteiger partial charge < -0.3 is 37.2 Å². The minimum atomic E-state index is -0.187. The number of hydrogen-bond donors (Lipinski definition) is 4. The van der Waals surface area contributed by atoms with Gasteiger partial charge in [-0.1, -0.05) is 130 Å². The molecule has 11 heteroatoms. The number of nitrogens with two attached hydrogens (primary N) is 2. The maximum absolute atomic E-state index is 9.98. The van der Waals surface area contributed by atoms with E-state index < -0.39 is 0 Å². The Morgan fingerprint density at radius 3 is 1.16 bits per heavy atom. The number of carbonyl (C=O) groups excluding carboxylic acids is 2. The Morgan fingerprint density at radius 1 is 0.767 bits per heavy atom. The molecule has 0 bridgehead atoms. The minimum absolute atomic E-state index is 0. The van der Waals surface area contributed by atoms with Gasteiger partial charge in [0.2, 0.25) is 5.62 Å². The average Bonchev–Trinajstić information content (AvgIpc) is 2.93. The number of hydrogen-bond acceptors (Lipinski definition) is 6. The first kappa shape index (κ1) is 63.9. The smallest absolute Gasteiger partial charge is 0.219 e. The van der Waals surface area contributed by atoms with Gasteiger partial charge in [-0.2, -0.15) is 0 Å². The SMILES string of the molecule is C.C.C.CC.CC.CC(=O)[CH-]C(C)=O.CN=C(N)N.CN=c1nc(C)[c-]c(O)[nH]1.[Y].[Y].c1ccccc1.c1ccccc1. The molecule has 0 spiro atoms. The van der Waals surface area contributed by atoms with E-state index in [9.17, 15) is 9.59 Å². The van der Waals surface area contributed by atoms with E-state index in [4.69, 9.17) is 16.6 Å². The number of H-pyrrole nitrogens is 1. The summed E-state index contributed by atoms with van der Waals surface area (Å²) in [6.07, 6.45) is 1.06. The number of aromatic amines is 1. The Balaban J connectivity index is -0.0000000460. The molecule has 2 radical (unpaired) electrons. The van der Waals surface area contributed by atoms with Gasteiger partial charge in [-0.15, -0.1) is 5.69 Å². The molecule has 0 amide bonds. The first-order valence-electron chi connectivity index (χ1n) is 12.1. The zero-order chi connectivity index (χ0) is 30.2. The molecule has 0 fully saturated rings. The minimum Gasteiger partial charge on any atom is -0.528 e. The van der Waals surface area contributed by atoms with E-state index in [0.29, 0.717) is 11.3 Å². The van der Waals surface area contributed by atoms with Gasteiger partial charge in [0.15, 0.2) is 5.96 Å². The van der Waals surface area contributed by atoms with Crippen LogP contribution < -0.4 is 17.1 Å². The summed E-state index contributed by atoms with van der Waals surface area (Å²) in [5, 5.41) is 8.91. The molecular weight excluding hydrogens is 694 g/mol. The normalized spacial score (nSPS) is 7.33. The second-order valence-corrected chi connectivity index (χ2v) is 6.17. The van der Waals surface area contributed by atoms with Crippen LogP contribution in [0.4, 0.5) is 0 Å². The third-order valence-corrected chi connectivity index (χ3v) is 3.01. The van der Waals surface area contributed by atoms with E-state index in [2.05, 4.69) is 26.0 Å². The van der Waals surface area contributed by atoms with Crippen LogP contribution in [0.3, 0.4) is 0 Å². The molecule has 242 valence electrons. The molecule has 2 aromatic carbocycles. The standard InChI is InChI=1S/C6H8N3O.2C6H6.C5H7O2.C2H7N3.2C2H6.3CH4.2Y/c1-4-3-5(10)9-6(7-2)8-4;2*1-2-4-6-5-3-1;1-4(6)3-5(2)7;1-5-2(3)4;2*1-2;;;;;/h1-2H3,(H2,7,8,9,10);2*1-6H;3H,1-2H3;1H3,(H4,3,4,5);2*1-2H3;3*1H4;;/q-1;;;-1;;;;;;;;. The van der Waals surface area contributed by atoms with Crippen molar-refractivity contribution < 1.29 is 80.1 Å². The van der Waals surface area contributed by atoms with Crippen molar-refractivity contribution in [3.8, 4) is 5.88 Å². The number of rotatable bonds is 2. The fourth-order valence-corrected chi connectivity index (χ4v) is 1.69. The third kappa shape index (κ3) is 64.0. The Morgan fingerprint density at radius 2 is 1.02 bits per heavy atom. The van der Waals surface area contributed by atoms with Crippen molar-refractivity contribution in [2.24, 2.45) is 21.5 Å². The molecule has 6 N–H and O–H groups in total. The van der Waals surface area contributed by atoms with Crippen LogP contribution in [-0.4, -0.2) is 46.7 Å². The average molecular weight is 753 g/mol. The van der Waals surface area contributed by atoms with E-state index >= 15 is 0 Å². The number of benzene rings is 2. The number of Topliss-reactive ketones (excluding diaryl/α,β-unsaturated/α-hetero) is 2. The molecule has 1 heterocycles. The molecule has 0 saturated carbocycles. The summed E-state index contributed by atoms with van der Waals surface area (Å²) >= 11 is 0. The summed E-state index contributed by atoms with van der Waals surface area (Å²) in [6, 6.07) is 26.6. The number of carbonyl (C=O) groups is 2. The summed E-state index contributed by atoms with van der Waals surface area (Å²) < 4.78 is 0. The van der Waals surface area contributed by atoms with E-state index in [-0.39, 0.29) is 111 Å². The van der Waals surface area contributed by atoms with Crippen LogP contribution in [0.15, 0.2) is 82.8 Å². The van der Waals surface area contributed by atoms with Crippen molar-refractivity contribution in [2.45, 2.75) is 70.7 Å². The van der Waals surface area contributed by atoms with Gasteiger partial charge in [0.05, 0.1) is 0 Å². The Hall–Kier alpha value is -2.19. The summed E-state index contributed by atoms with van der Waals surface area (Å²) in [7, 11) is 3.13. The van der Waals surface area contributed by atoms with E-state index in [1.54, 1.807) is 14.0 Å². The van der Waals surface area contributed by atoms with Crippen molar-refractivity contribution in [1.29, 1.82) is 0 Å². The predicted molar refractivity (Wildman–Crippen MR) is 178 cm³/mol. The summed E-state index contributed by atoms with van der Waals surface area (Å²) in [5.41, 5.74) is 10.7. The van der Waals surface area contributed by atoms with E-state index in [1.807, 2.05) is 100 Å². The maximum atomic E-state index is 9.98. The van der Waals surface area contributed by atoms with Crippen LogP contribution in [0.1, 0.15) is 69.5 Å². The molecule has 0 saturated heterocycles. The number of ketones is 2. The largest absolute Gasteiger partial charge is 0.528 e. The molecule has 0 aliphatic carbocycles. The fourth-order valence-electron chi connectivity index (χ4n) is 1.69. The second-order valence-electron chi connectivity index (χ2n) is 6.17. The molecule has 0 atom stereocenters. The number of aromatic nitrogens is 2. The van der Waals surface area contributed by atoms with Gasteiger partial charge in [0, 0.05) is 97.0 Å². The van der Waals surface area contributed by atoms with E-state index in [1.165, 1.54) is 20.9 Å². The monoisotopic (exact) mass is 752 g/mol. The Bertz CT molecular complexity index is 894. The predicted octanol–water partition coefficient (Wildman–Crippen LogP) is 6.34. The van der Waals surface area contributed by atoms with Crippen LogP contribution in [-0.2, 0) is 75.0 Å². The maximum Gasteiger partial charge on any atom is 0.219 e. The van der Waals surface area contributed by atoms with Crippen LogP contribution in [0, 0.1) is 19.4 Å². The van der Waals surface area contributed by atoms with Crippen molar-refractivity contribution >= 4 is 17.5 Å². The number of guanidine groups is 1. The van der Waals surface area contributed by atoms with Gasteiger partial charge >= 0.3 is 0 Å². The molecule has 0 unspecified atom stereocenters. The first-order chi connectivity index (χ1) is 18.1. The summed E-state index contributed by atoms with van der Waals surface area (Å²) in [6.45, 7) is 12.4. The van der Waals surface area contributed by atoms with E-state index in [0.717, 1.165) is 6.42 Å². The quantitative estimate of drug-likeness (QED) is 0.104. The molecule has 3 rings (SSSR count). The number of aromatic hydroxyl groups is 1. The molecule has 1 aromatic heterocycles. The number of aliphatic imine (C=N–C) groups is 1. The number of aryl methyl sites for hydroxylation is 1.